The van der Waals surface area contributed by atoms with Gasteiger partial charge in [0.25, 0.3) is 0 Å². The molecule has 1 aliphatic heterocycles. The second-order valence-corrected chi connectivity index (χ2v) is 8.51. The fourth-order valence-electron chi connectivity index (χ4n) is 3.33. The number of ether oxygens (including phenoxy) is 2. The van der Waals surface area contributed by atoms with E-state index in [0.717, 1.165) is 36.8 Å². The van der Waals surface area contributed by atoms with Crippen LogP contribution in [-0.4, -0.2) is 43.1 Å². The molecule has 0 bridgehead atoms. The lowest BCUT2D eigenvalue weighted by molar-refractivity contribution is -0.111. The Morgan fingerprint density at radius 2 is 2.00 bits per heavy atom. The van der Waals surface area contributed by atoms with Gasteiger partial charge in [-0.15, -0.1) is 11.3 Å². The summed E-state index contributed by atoms with van der Waals surface area (Å²) in [6.45, 7) is 7.50. The van der Waals surface area contributed by atoms with Gasteiger partial charge in [-0.25, -0.2) is 4.98 Å². The average Bonchev–Trinajstić information content (AvgIpc) is 3.06. The fraction of sp³-hybridized carbons (Fsp3) is 0.455. The number of nitrogens with one attached hydrogen (secondary N) is 1. The molecule has 0 unspecified atom stereocenters. The van der Waals surface area contributed by atoms with Gasteiger partial charge in [0.1, 0.15) is 0 Å². The number of amides is 1. The maximum atomic E-state index is 12.3. The van der Waals surface area contributed by atoms with Crippen LogP contribution in [0.2, 0.25) is 0 Å². The molecule has 2 aromatic rings. The molecule has 7 heteroatoms. The van der Waals surface area contributed by atoms with E-state index in [1.807, 2.05) is 25.1 Å². The molecular formula is C22H29N3O3S. The second kappa shape index (κ2) is 9.89. The first-order chi connectivity index (χ1) is 14.0. The number of carbonyl (C=O) groups excluding carboxylic acids is 1. The molecule has 1 saturated heterocycles. The van der Waals surface area contributed by atoms with Crippen LogP contribution in [0.4, 0.5) is 5.13 Å². The topological polar surface area (TPSA) is 63.7 Å². The van der Waals surface area contributed by atoms with Gasteiger partial charge < -0.3 is 9.47 Å². The Balaban J connectivity index is 1.59. The Bertz CT molecular complexity index is 870. The molecule has 0 radical (unpaired) electrons. The van der Waals surface area contributed by atoms with Crippen molar-refractivity contribution in [3.63, 3.8) is 0 Å². The quantitative estimate of drug-likeness (QED) is 0.681. The lowest BCUT2D eigenvalue weighted by Crippen LogP contribution is -2.32. The highest BCUT2D eigenvalue weighted by Gasteiger charge is 2.18. The first-order valence-electron chi connectivity index (χ1n) is 9.88. The average molecular weight is 416 g/mol. The molecular weight excluding hydrogens is 386 g/mol. The summed E-state index contributed by atoms with van der Waals surface area (Å²) in [4.78, 5) is 20.5. The fourth-order valence-corrected chi connectivity index (χ4v) is 4.33. The first kappa shape index (κ1) is 21.3. The van der Waals surface area contributed by atoms with E-state index in [-0.39, 0.29) is 5.91 Å². The largest absolute Gasteiger partial charge is 0.493 e. The number of hydrogen-bond donors (Lipinski definition) is 1. The highest BCUT2D eigenvalue weighted by Crippen LogP contribution is 2.28. The van der Waals surface area contributed by atoms with Crippen LogP contribution in [0.25, 0.3) is 6.08 Å². The number of aromatic nitrogens is 1. The minimum atomic E-state index is -0.202. The number of hydrogen-bond acceptors (Lipinski definition) is 6. The molecule has 3 rings (SSSR count). The van der Waals surface area contributed by atoms with Gasteiger partial charge in [0.2, 0.25) is 5.91 Å². The van der Waals surface area contributed by atoms with Crippen molar-refractivity contribution >= 4 is 28.5 Å². The molecule has 6 nitrogen and oxygen atoms in total. The van der Waals surface area contributed by atoms with Crippen molar-refractivity contribution in [3.05, 3.63) is 40.4 Å². The summed E-state index contributed by atoms with van der Waals surface area (Å²) in [5.74, 6) is 1.90. The summed E-state index contributed by atoms with van der Waals surface area (Å²) in [6, 6.07) is 5.51. The summed E-state index contributed by atoms with van der Waals surface area (Å²) in [5, 5.41) is 3.52. The Morgan fingerprint density at radius 3 is 2.69 bits per heavy atom. The monoisotopic (exact) mass is 415 g/mol. The molecule has 29 heavy (non-hydrogen) atoms. The van der Waals surface area contributed by atoms with Crippen molar-refractivity contribution in [3.8, 4) is 11.5 Å². The predicted molar refractivity (Wildman–Crippen MR) is 118 cm³/mol. The van der Waals surface area contributed by atoms with Crippen molar-refractivity contribution in [2.45, 2.75) is 33.2 Å². The van der Waals surface area contributed by atoms with E-state index in [1.54, 1.807) is 31.6 Å². The summed E-state index contributed by atoms with van der Waals surface area (Å²) in [6.07, 6.45) is 5.75. The van der Waals surface area contributed by atoms with Crippen LogP contribution in [0.1, 0.15) is 35.9 Å². The highest BCUT2D eigenvalue weighted by molar-refractivity contribution is 7.15. The smallest absolute Gasteiger partial charge is 0.250 e. The SMILES string of the molecule is COc1ccc(/C=C/C(=O)Nc2nc(C)c(CN3CCC(C)CC3)s2)cc1OC. The lowest BCUT2D eigenvalue weighted by Gasteiger charge is -2.29. The molecule has 1 aromatic heterocycles. The van der Waals surface area contributed by atoms with Crippen LogP contribution in [0.5, 0.6) is 11.5 Å². The van der Waals surface area contributed by atoms with E-state index >= 15 is 0 Å². The van der Waals surface area contributed by atoms with Gasteiger partial charge in [0, 0.05) is 17.5 Å². The number of thiazole rings is 1. The van der Waals surface area contributed by atoms with Crippen molar-refractivity contribution in [2.75, 3.05) is 32.6 Å². The third-order valence-corrected chi connectivity index (χ3v) is 6.26. The molecule has 0 spiro atoms. The normalized spacial score (nSPS) is 15.6. The summed E-state index contributed by atoms with van der Waals surface area (Å²) in [7, 11) is 3.18. The summed E-state index contributed by atoms with van der Waals surface area (Å²) < 4.78 is 10.5. The van der Waals surface area contributed by atoms with Crippen molar-refractivity contribution < 1.29 is 14.3 Å². The molecule has 1 aliphatic rings. The van der Waals surface area contributed by atoms with Gasteiger partial charge in [0.15, 0.2) is 16.6 Å². The maximum absolute atomic E-state index is 12.3. The van der Waals surface area contributed by atoms with Crippen molar-refractivity contribution in [2.24, 2.45) is 5.92 Å². The number of likely N-dealkylation sites (tertiary alicyclic amines) is 1. The van der Waals surface area contributed by atoms with Crippen molar-refractivity contribution in [1.82, 2.24) is 9.88 Å². The molecule has 1 fully saturated rings. The number of anilines is 1. The number of benzene rings is 1. The lowest BCUT2D eigenvalue weighted by atomic mass is 9.99. The number of nitrogens with zero attached hydrogens (tertiary/aromatic N) is 2. The van der Waals surface area contributed by atoms with Gasteiger partial charge in [-0.05, 0) is 62.5 Å². The van der Waals surface area contributed by atoms with Gasteiger partial charge in [0.05, 0.1) is 19.9 Å². The molecule has 1 N–H and O–H groups in total. The van der Waals surface area contributed by atoms with E-state index in [1.165, 1.54) is 23.8 Å². The van der Waals surface area contributed by atoms with E-state index in [0.29, 0.717) is 16.6 Å². The molecule has 2 heterocycles. The van der Waals surface area contributed by atoms with Crippen LogP contribution >= 0.6 is 11.3 Å². The molecule has 0 aliphatic carbocycles. The zero-order valence-corrected chi connectivity index (χ0v) is 18.3. The molecule has 0 atom stereocenters. The maximum Gasteiger partial charge on any atom is 0.250 e. The minimum absolute atomic E-state index is 0.202. The Kier molecular flexibility index (Phi) is 7.28. The number of carbonyl (C=O) groups is 1. The van der Waals surface area contributed by atoms with Crippen LogP contribution < -0.4 is 14.8 Å². The van der Waals surface area contributed by atoms with Gasteiger partial charge in [-0.1, -0.05) is 13.0 Å². The number of piperidine rings is 1. The van der Waals surface area contributed by atoms with Crippen molar-refractivity contribution in [1.29, 1.82) is 0 Å². The number of methoxy groups -OCH3 is 2. The standard InChI is InChI=1S/C22H29N3O3S/c1-15-9-11-25(12-10-15)14-20-16(2)23-22(29-20)24-21(26)8-6-17-5-7-18(27-3)19(13-17)28-4/h5-8,13,15H,9-12,14H2,1-4H3,(H,23,24,26)/b8-6+. The van der Waals surface area contributed by atoms with Gasteiger partial charge in [-0.2, -0.15) is 0 Å². The van der Waals surface area contributed by atoms with Crippen LogP contribution in [0.3, 0.4) is 0 Å². The Labute approximate surface area is 176 Å². The van der Waals surface area contributed by atoms with Crippen LogP contribution in [0.15, 0.2) is 24.3 Å². The number of aryl methyl sites for hydroxylation is 1. The Morgan fingerprint density at radius 1 is 1.28 bits per heavy atom. The molecule has 1 amide bonds. The summed E-state index contributed by atoms with van der Waals surface area (Å²) >= 11 is 1.56. The second-order valence-electron chi connectivity index (χ2n) is 7.42. The molecule has 0 saturated carbocycles. The van der Waals surface area contributed by atoms with Crippen LogP contribution in [-0.2, 0) is 11.3 Å². The third-order valence-electron chi connectivity index (χ3n) is 5.20. The summed E-state index contributed by atoms with van der Waals surface area (Å²) in [5.41, 5.74) is 1.85. The first-order valence-corrected chi connectivity index (χ1v) is 10.7. The number of rotatable bonds is 7. The molecule has 156 valence electrons. The van der Waals surface area contributed by atoms with Crippen LogP contribution in [0, 0.1) is 12.8 Å². The van der Waals surface area contributed by atoms with Gasteiger partial charge in [-0.3, -0.25) is 15.0 Å². The van der Waals surface area contributed by atoms with E-state index < -0.39 is 0 Å². The molecule has 1 aromatic carbocycles. The highest BCUT2D eigenvalue weighted by atomic mass is 32.1. The van der Waals surface area contributed by atoms with E-state index in [4.69, 9.17) is 9.47 Å². The zero-order valence-electron chi connectivity index (χ0n) is 17.5. The van der Waals surface area contributed by atoms with Gasteiger partial charge >= 0.3 is 0 Å². The van der Waals surface area contributed by atoms with E-state index in [9.17, 15) is 4.79 Å². The zero-order chi connectivity index (χ0) is 20.8. The Hall–Kier alpha value is -2.38. The van der Waals surface area contributed by atoms with E-state index in [2.05, 4.69) is 22.1 Å². The predicted octanol–water partition coefficient (Wildman–Crippen LogP) is 4.35. The third kappa shape index (κ3) is 5.81. The minimum Gasteiger partial charge on any atom is -0.493 e.